The summed E-state index contributed by atoms with van der Waals surface area (Å²) >= 11 is 0. The third kappa shape index (κ3) is 4.76. The largest absolute Gasteiger partial charge is 0.381 e. The van der Waals surface area contributed by atoms with E-state index in [1.807, 2.05) is 17.0 Å². The van der Waals surface area contributed by atoms with Gasteiger partial charge in [0.05, 0.1) is 32.0 Å². The maximum Gasteiger partial charge on any atom is 0.124 e. The van der Waals surface area contributed by atoms with Gasteiger partial charge in [-0.1, -0.05) is 0 Å². The van der Waals surface area contributed by atoms with Gasteiger partial charge >= 0.3 is 0 Å². The number of nitrogens with one attached hydrogen (secondary N) is 1. The number of halogens is 1. The smallest absolute Gasteiger partial charge is 0.124 e. The van der Waals surface area contributed by atoms with Gasteiger partial charge in [-0.2, -0.15) is 0 Å². The van der Waals surface area contributed by atoms with E-state index >= 15 is 0 Å². The Morgan fingerprint density at radius 3 is 2.66 bits per heavy atom. The minimum absolute atomic E-state index is 0.240. The van der Waals surface area contributed by atoms with Crippen molar-refractivity contribution >= 4 is 20.6 Å². The molecule has 0 unspecified atom stereocenters. The number of aromatic nitrogens is 2. The molecule has 2 aliphatic rings. The SMILES string of the molecule is Cc1cncc2c1c(CC1CN(CC3CCOCC3)C1)cn2-c1ccc(F)cc1[S@](=N)(=O)C(C)C. The van der Waals surface area contributed by atoms with Crippen LogP contribution in [-0.2, 0) is 20.9 Å². The average molecular weight is 499 g/mol. The first-order valence-corrected chi connectivity index (χ1v) is 14.2. The Hall–Kier alpha value is -2.29. The van der Waals surface area contributed by atoms with Gasteiger partial charge in [-0.15, -0.1) is 0 Å². The fourth-order valence-corrected chi connectivity index (χ4v) is 6.81. The van der Waals surface area contributed by atoms with E-state index in [-0.39, 0.29) is 4.90 Å². The monoisotopic (exact) mass is 498 g/mol. The first-order valence-electron chi connectivity index (χ1n) is 12.6. The number of nitrogens with zero attached hydrogens (tertiary/aromatic N) is 3. The van der Waals surface area contributed by atoms with Gasteiger partial charge in [0, 0.05) is 55.9 Å². The normalized spacial score (nSPS) is 19.8. The highest BCUT2D eigenvalue weighted by atomic mass is 32.2. The van der Waals surface area contributed by atoms with E-state index in [0.29, 0.717) is 11.6 Å². The minimum atomic E-state index is -3.18. The molecule has 4 heterocycles. The summed E-state index contributed by atoms with van der Waals surface area (Å²) in [5.41, 5.74) is 3.82. The van der Waals surface area contributed by atoms with Crippen molar-refractivity contribution in [3.63, 3.8) is 0 Å². The first kappa shape index (κ1) is 24.4. The summed E-state index contributed by atoms with van der Waals surface area (Å²) in [5, 5.41) is 0.722. The van der Waals surface area contributed by atoms with E-state index in [2.05, 4.69) is 23.0 Å². The van der Waals surface area contributed by atoms with Gasteiger partial charge in [-0.05, 0) is 81.2 Å². The van der Waals surface area contributed by atoms with E-state index in [9.17, 15) is 8.60 Å². The highest BCUT2D eigenvalue weighted by molar-refractivity contribution is 7.93. The number of benzene rings is 1. The predicted octanol–water partition coefficient (Wildman–Crippen LogP) is 5.19. The standard InChI is InChI=1S/C27H35FN4O2S/c1-18(2)35(29,33)26-11-23(28)4-5-24(26)32-17-22(27-19(3)12-30-13-25(27)32)10-21-15-31(16-21)14-20-6-8-34-9-7-20/h4-5,11-13,17-18,20-21,29H,6-10,14-16H2,1-3H3/t35-/m1/s1. The van der Waals surface area contributed by atoms with Crippen molar-refractivity contribution in [2.75, 3.05) is 32.8 Å². The van der Waals surface area contributed by atoms with Gasteiger partial charge in [0.25, 0.3) is 0 Å². The third-order valence-electron chi connectivity index (χ3n) is 7.55. The van der Waals surface area contributed by atoms with Crippen molar-refractivity contribution in [2.45, 2.75) is 50.2 Å². The Bertz CT molecular complexity index is 1320. The maximum atomic E-state index is 14.2. The summed E-state index contributed by atoms with van der Waals surface area (Å²) in [5.74, 6) is 0.858. The first-order chi connectivity index (χ1) is 16.7. The molecule has 188 valence electrons. The number of likely N-dealkylation sites (tertiary alicyclic amines) is 1. The van der Waals surface area contributed by atoms with Crippen LogP contribution in [0.15, 0.2) is 41.7 Å². The molecule has 0 saturated carbocycles. The van der Waals surface area contributed by atoms with Crippen LogP contribution in [0, 0.1) is 29.4 Å². The molecular weight excluding hydrogens is 463 g/mol. The lowest BCUT2D eigenvalue weighted by molar-refractivity contribution is 0.0254. The van der Waals surface area contributed by atoms with Crippen LogP contribution < -0.4 is 0 Å². The van der Waals surface area contributed by atoms with Crippen LogP contribution in [-0.4, -0.2) is 56.8 Å². The Morgan fingerprint density at radius 2 is 1.94 bits per heavy atom. The Labute approximate surface area is 207 Å². The minimum Gasteiger partial charge on any atom is -0.381 e. The maximum absolute atomic E-state index is 14.2. The molecule has 0 amide bonds. The van der Waals surface area contributed by atoms with Crippen molar-refractivity contribution in [1.29, 1.82) is 4.78 Å². The lowest BCUT2D eigenvalue weighted by atomic mass is 9.89. The number of hydrogen-bond acceptors (Lipinski definition) is 5. The molecule has 2 fully saturated rings. The van der Waals surface area contributed by atoms with Gasteiger partial charge in [0.2, 0.25) is 0 Å². The molecule has 3 aromatic rings. The molecule has 5 rings (SSSR count). The van der Waals surface area contributed by atoms with Gasteiger partial charge in [0.1, 0.15) is 5.82 Å². The zero-order valence-corrected chi connectivity index (χ0v) is 21.6. The molecule has 0 radical (unpaired) electrons. The van der Waals surface area contributed by atoms with Crippen LogP contribution in [0.25, 0.3) is 16.6 Å². The molecule has 2 saturated heterocycles. The van der Waals surface area contributed by atoms with Crippen LogP contribution in [0.1, 0.15) is 37.8 Å². The highest BCUT2D eigenvalue weighted by Gasteiger charge is 2.31. The van der Waals surface area contributed by atoms with E-state index in [1.54, 1.807) is 19.9 Å². The molecular formula is C27H35FN4O2S. The quantitative estimate of drug-likeness (QED) is 0.487. The van der Waals surface area contributed by atoms with Crippen molar-refractivity contribution in [1.82, 2.24) is 14.5 Å². The molecule has 1 N–H and O–H groups in total. The fraction of sp³-hybridized carbons (Fsp3) is 0.519. The van der Waals surface area contributed by atoms with E-state index in [1.165, 1.54) is 17.7 Å². The summed E-state index contributed by atoms with van der Waals surface area (Å²) < 4.78 is 43.6. The molecule has 0 aliphatic carbocycles. The molecule has 2 aromatic heterocycles. The summed E-state index contributed by atoms with van der Waals surface area (Å²) in [4.78, 5) is 7.21. The third-order valence-corrected chi connectivity index (χ3v) is 9.86. The van der Waals surface area contributed by atoms with Crippen molar-refractivity contribution in [3.05, 3.63) is 53.7 Å². The number of aryl methyl sites for hydroxylation is 1. The lowest BCUT2D eigenvalue weighted by Gasteiger charge is -2.42. The van der Waals surface area contributed by atoms with Crippen molar-refractivity contribution < 1.29 is 13.3 Å². The second kappa shape index (κ2) is 9.64. The zero-order valence-electron chi connectivity index (χ0n) is 20.8. The molecule has 0 spiro atoms. The molecule has 1 atom stereocenters. The average Bonchev–Trinajstić information content (AvgIpc) is 3.17. The fourth-order valence-electron chi connectivity index (χ4n) is 5.54. The van der Waals surface area contributed by atoms with E-state index in [0.717, 1.165) is 74.5 Å². The number of hydrogen-bond donors (Lipinski definition) is 1. The van der Waals surface area contributed by atoms with Crippen LogP contribution in [0.4, 0.5) is 4.39 Å². The lowest BCUT2D eigenvalue weighted by Crippen LogP contribution is -2.49. The summed E-state index contributed by atoms with van der Waals surface area (Å²) in [6.07, 6.45) is 9.07. The summed E-state index contributed by atoms with van der Waals surface area (Å²) in [6, 6.07) is 4.29. The van der Waals surface area contributed by atoms with Crippen molar-refractivity contribution in [2.24, 2.45) is 11.8 Å². The number of rotatable bonds is 7. The topological polar surface area (TPSA) is 71.2 Å². The Kier molecular flexibility index (Phi) is 6.72. The summed E-state index contributed by atoms with van der Waals surface area (Å²) in [6.45, 7) is 10.7. The molecule has 0 bridgehead atoms. The van der Waals surface area contributed by atoms with Gasteiger partial charge < -0.3 is 14.2 Å². The van der Waals surface area contributed by atoms with E-state index in [4.69, 9.17) is 9.52 Å². The highest BCUT2D eigenvalue weighted by Crippen LogP contribution is 2.34. The van der Waals surface area contributed by atoms with Crippen LogP contribution in [0.5, 0.6) is 0 Å². The Balaban J connectivity index is 1.45. The summed E-state index contributed by atoms with van der Waals surface area (Å²) in [7, 11) is -3.18. The molecule has 1 aromatic carbocycles. The number of fused-ring (bicyclic) bond motifs is 1. The van der Waals surface area contributed by atoms with Crippen molar-refractivity contribution in [3.8, 4) is 5.69 Å². The van der Waals surface area contributed by atoms with Crippen LogP contribution >= 0.6 is 0 Å². The second-order valence-corrected chi connectivity index (χ2v) is 13.1. The van der Waals surface area contributed by atoms with Gasteiger partial charge in [0.15, 0.2) is 0 Å². The molecule has 6 nitrogen and oxygen atoms in total. The van der Waals surface area contributed by atoms with Crippen LogP contribution in [0.2, 0.25) is 0 Å². The predicted molar refractivity (Wildman–Crippen MR) is 137 cm³/mol. The number of ether oxygens (including phenoxy) is 1. The van der Waals surface area contributed by atoms with Gasteiger partial charge in [-0.25, -0.2) is 13.4 Å². The zero-order chi connectivity index (χ0) is 24.7. The van der Waals surface area contributed by atoms with Gasteiger partial charge in [-0.3, -0.25) is 4.98 Å². The molecule has 8 heteroatoms. The van der Waals surface area contributed by atoms with E-state index < -0.39 is 20.8 Å². The molecule has 2 aliphatic heterocycles. The molecule has 35 heavy (non-hydrogen) atoms. The number of pyridine rings is 1. The second-order valence-electron chi connectivity index (χ2n) is 10.5. The Morgan fingerprint density at radius 1 is 1.20 bits per heavy atom. The van der Waals surface area contributed by atoms with Crippen LogP contribution in [0.3, 0.4) is 0 Å².